The molecule has 0 aromatic rings. The number of rotatable bonds is 4. The molecule has 2 aliphatic carbocycles. The maximum atomic E-state index is 10.6. The van der Waals surface area contributed by atoms with Crippen LogP contribution in [-0.4, -0.2) is 6.29 Å². The molecule has 2 saturated carbocycles. The van der Waals surface area contributed by atoms with Crippen LogP contribution < -0.4 is 0 Å². The fourth-order valence-electron chi connectivity index (χ4n) is 5.38. The van der Waals surface area contributed by atoms with Gasteiger partial charge in [0.2, 0.25) is 0 Å². The Balaban J connectivity index is 2.19. The molecule has 0 bridgehead atoms. The van der Waals surface area contributed by atoms with E-state index in [0.717, 1.165) is 25.0 Å². The van der Waals surface area contributed by atoms with E-state index in [1.54, 1.807) is 6.08 Å². The molecule has 0 aliphatic heterocycles. The van der Waals surface area contributed by atoms with Crippen LogP contribution in [-0.2, 0) is 4.79 Å². The van der Waals surface area contributed by atoms with Crippen molar-refractivity contribution in [2.24, 2.45) is 22.7 Å². The highest BCUT2D eigenvalue weighted by Crippen LogP contribution is 2.61. The number of fused-ring (bicyclic) bond motifs is 1. The van der Waals surface area contributed by atoms with E-state index >= 15 is 0 Å². The third-order valence-electron chi connectivity index (χ3n) is 6.50. The Morgan fingerprint density at radius 1 is 1.33 bits per heavy atom. The Morgan fingerprint density at radius 2 is 2.05 bits per heavy atom. The van der Waals surface area contributed by atoms with Crippen molar-refractivity contribution in [3.63, 3.8) is 0 Å². The van der Waals surface area contributed by atoms with Crippen molar-refractivity contribution in [3.05, 3.63) is 23.8 Å². The molecule has 0 aromatic carbocycles. The fourth-order valence-corrected chi connectivity index (χ4v) is 5.38. The van der Waals surface area contributed by atoms with Crippen LogP contribution in [0.3, 0.4) is 0 Å². The van der Waals surface area contributed by atoms with Crippen LogP contribution >= 0.6 is 0 Å². The van der Waals surface area contributed by atoms with Gasteiger partial charge >= 0.3 is 0 Å². The molecule has 0 aromatic heterocycles. The number of hydrogen-bond acceptors (Lipinski definition) is 1. The van der Waals surface area contributed by atoms with Gasteiger partial charge in [-0.2, -0.15) is 0 Å². The molecule has 2 rings (SSSR count). The van der Waals surface area contributed by atoms with Crippen molar-refractivity contribution >= 4 is 6.29 Å². The number of aldehydes is 1. The molecule has 1 nitrogen and oxygen atoms in total. The highest BCUT2D eigenvalue weighted by Gasteiger charge is 2.52. The maximum Gasteiger partial charge on any atom is 0.142 e. The Labute approximate surface area is 130 Å². The molecule has 2 fully saturated rings. The second kappa shape index (κ2) is 6.10. The summed E-state index contributed by atoms with van der Waals surface area (Å²) in [6.45, 7) is 13.9. The Morgan fingerprint density at radius 3 is 2.71 bits per heavy atom. The molecule has 0 unspecified atom stereocenters. The molecule has 1 heteroatoms. The lowest BCUT2D eigenvalue weighted by Gasteiger charge is -2.58. The molecule has 0 spiro atoms. The number of allylic oxidation sites excluding steroid dienone is 3. The predicted molar refractivity (Wildman–Crippen MR) is 90.1 cm³/mol. The monoisotopic (exact) mass is 288 g/mol. The summed E-state index contributed by atoms with van der Waals surface area (Å²) in [5, 5.41) is 0. The van der Waals surface area contributed by atoms with Crippen LogP contribution in [0.5, 0.6) is 0 Å². The molecular formula is C20H32O. The van der Waals surface area contributed by atoms with E-state index in [0.29, 0.717) is 16.7 Å². The fraction of sp³-hybridized carbons (Fsp3) is 0.750. The quantitative estimate of drug-likeness (QED) is 0.368. The van der Waals surface area contributed by atoms with E-state index in [9.17, 15) is 4.79 Å². The summed E-state index contributed by atoms with van der Waals surface area (Å²) < 4.78 is 0. The van der Waals surface area contributed by atoms with Gasteiger partial charge in [0.15, 0.2) is 0 Å². The normalized spacial score (nSPS) is 36.2. The summed E-state index contributed by atoms with van der Waals surface area (Å²) in [7, 11) is 0. The largest absolute Gasteiger partial charge is 0.299 e. The highest BCUT2D eigenvalue weighted by atomic mass is 16.1. The Hall–Kier alpha value is -0.850. The zero-order valence-corrected chi connectivity index (χ0v) is 14.4. The van der Waals surface area contributed by atoms with Crippen LogP contribution in [0.2, 0.25) is 0 Å². The smallest absolute Gasteiger partial charge is 0.142 e. The van der Waals surface area contributed by atoms with E-state index < -0.39 is 0 Å². The van der Waals surface area contributed by atoms with Crippen molar-refractivity contribution in [1.29, 1.82) is 0 Å². The summed E-state index contributed by atoms with van der Waals surface area (Å²) >= 11 is 0. The lowest BCUT2D eigenvalue weighted by molar-refractivity contribution is -0.104. The summed E-state index contributed by atoms with van der Waals surface area (Å²) in [5.41, 5.74) is 3.56. The number of carbonyl (C=O) groups is 1. The second-order valence-electron chi connectivity index (χ2n) is 8.34. The van der Waals surface area contributed by atoms with E-state index in [4.69, 9.17) is 0 Å². The molecule has 0 amide bonds. The van der Waals surface area contributed by atoms with Crippen LogP contribution in [0.4, 0.5) is 0 Å². The number of carbonyl (C=O) groups excluding carboxylic acids is 1. The Kier molecular flexibility index (Phi) is 4.80. The van der Waals surface area contributed by atoms with Gasteiger partial charge in [0.1, 0.15) is 6.29 Å². The van der Waals surface area contributed by atoms with Gasteiger partial charge in [-0.1, -0.05) is 44.9 Å². The van der Waals surface area contributed by atoms with E-state index in [1.165, 1.54) is 43.3 Å². The first kappa shape index (κ1) is 16.5. The van der Waals surface area contributed by atoms with E-state index in [2.05, 4.69) is 34.3 Å². The molecule has 21 heavy (non-hydrogen) atoms. The minimum absolute atomic E-state index is 0.415. The summed E-state index contributed by atoms with van der Waals surface area (Å²) in [4.78, 5) is 10.6. The minimum atomic E-state index is 0.415. The molecular weight excluding hydrogens is 256 g/mol. The van der Waals surface area contributed by atoms with Gasteiger partial charge in [-0.15, -0.1) is 0 Å². The third-order valence-corrected chi connectivity index (χ3v) is 6.50. The van der Waals surface area contributed by atoms with Crippen LogP contribution in [0.15, 0.2) is 23.8 Å². The average Bonchev–Trinajstić information content (AvgIpc) is 2.37. The summed E-state index contributed by atoms with van der Waals surface area (Å²) in [5.74, 6) is 1.45. The first-order valence-corrected chi connectivity index (χ1v) is 8.60. The average molecular weight is 288 g/mol. The SMILES string of the molecule is C=C1CC[C@H]2C(C)(C)CCC[C@]2(C)[C@H]1CC/C(C)=C\C=O. The van der Waals surface area contributed by atoms with Crippen molar-refractivity contribution < 1.29 is 4.79 Å². The van der Waals surface area contributed by atoms with Gasteiger partial charge in [-0.05, 0) is 74.2 Å². The van der Waals surface area contributed by atoms with Crippen molar-refractivity contribution in [3.8, 4) is 0 Å². The van der Waals surface area contributed by atoms with Gasteiger partial charge in [-0.3, -0.25) is 4.79 Å². The van der Waals surface area contributed by atoms with Gasteiger partial charge in [-0.25, -0.2) is 0 Å². The lowest BCUT2D eigenvalue weighted by Crippen LogP contribution is -2.49. The van der Waals surface area contributed by atoms with Gasteiger partial charge < -0.3 is 0 Å². The van der Waals surface area contributed by atoms with Crippen LogP contribution in [0.1, 0.15) is 72.6 Å². The van der Waals surface area contributed by atoms with Crippen LogP contribution in [0.25, 0.3) is 0 Å². The molecule has 2 aliphatic rings. The van der Waals surface area contributed by atoms with E-state index in [1.807, 2.05) is 0 Å². The van der Waals surface area contributed by atoms with Gasteiger partial charge in [0, 0.05) is 0 Å². The Bertz CT molecular complexity index is 443. The zero-order chi connectivity index (χ0) is 15.7. The molecule has 118 valence electrons. The topological polar surface area (TPSA) is 17.1 Å². The molecule has 0 N–H and O–H groups in total. The molecule has 3 atom stereocenters. The highest BCUT2D eigenvalue weighted by molar-refractivity contribution is 5.65. The zero-order valence-electron chi connectivity index (χ0n) is 14.4. The maximum absolute atomic E-state index is 10.6. The second-order valence-corrected chi connectivity index (χ2v) is 8.34. The third kappa shape index (κ3) is 3.17. The van der Waals surface area contributed by atoms with Crippen molar-refractivity contribution in [2.45, 2.75) is 72.6 Å². The van der Waals surface area contributed by atoms with E-state index in [-0.39, 0.29) is 0 Å². The molecule has 0 radical (unpaired) electrons. The standard InChI is InChI=1S/C20H32O/c1-15(11-14-21)7-9-17-16(2)8-10-18-19(3,4)12-6-13-20(17,18)5/h11,14,17-18H,2,6-10,12-13H2,1,3-5H3/b15-11-/t17-,18-,20+/m0/s1. The lowest BCUT2D eigenvalue weighted by atomic mass is 9.47. The first-order chi connectivity index (χ1) is 9.81. The number of hydrogen-bond donors (Lipinski definition) is 0. The van der Waals surface area contributed by atoms with Crippen molar-refractivity contribution in [2.75, 3.05) is 0 Å². The molecule has 0 heterocycles. The predicted octanol–water partition coefficient (Wildman–Crippen LogP) is 5.71. The first-order valence-electron chi connectivity index (χ1n) is 8.60. The van der Waals surface area contributed by atoms with Crippen molar-refractivity contribution in [1.82, 2.24) is 0 Å². The summed E-state index contributed by atoms with van der Waals surface area (Å²) in [6, 6.07) is 0. The van der Waals surface area contributed by atoms with Gasteiger partial charge in [0.05, 0.1) is 0 Å². The molecule has 0 saturated heterocycles. The van der Waals surface area contributed by atoms with Gasteiger partial charge in [0.25, 0.3) is 0 Å². The summed E-state index contributed by atoms with van der Waals surface area (Å²) in [6.07, 6.45) is 11.4. The van der Waals surface area contributed by atoms with Crippen LogP contribution in [0, 0.1) is 22.7 Å². The minimum Gasteiger partial charge on any atom is -0.299 e.